The lowest BCUT2D eigenvalue weighted by atomic mass is 10.1. The first-order chi connectivity index (χ1) is 13.5. The second-order valence-corrected chi connectivity index (χ2v) is 5.97. The molecule has 0 aliphatic carbocycles. The summed E-state index contributed by atoms with van der Waals surface area (Å²) in [6.45, 7) is 2.10. The van der Waals surface area contributed by atoms with Crippen LogP contribution < -0.4 is 19.5 Å². The Morgan fingerprint density at radius 3 is 2.25 bits per heavy atom. The van der Waals surface area contributed by atoms with Gasteiger partial charge in [0, 0.05) is 11.1 Å². The van der Waals surface area contributed by atoms with Crippen molar-refractivity contribution >= 4 is 5.91 Å². The number of nitrogens with one attached hydrogen (secondary N) is 1. The summed E-state index contributed by atoms with van der Waals surface area (Å²) in [6, 6.07) is 10.9. The molecule has 0 radical (unpaired) electrons. The van der Waals surface area contributed by atoms with Crippen LogP contribution in [0, 0.1) is 6.92 Å². The number of benzene rings is 2. The zero-order valence-electron chi connectivity index (χ0n) is 16.1. The standard InChI is InChI=1S/C20H21N3O5/c1-12-5-7-13(8-6-12)19-22-17(28-23-19)11-21-20(24)14-9-15(25-2)18(27-4)16(10-14)26-3/h5-10H,11H2,1-4H3,(H,21,24). The minimum absolute atomic E-state index is 0.0916. The van der Waals surface area contributed by atoms with Crippen LogP contribution in [0.5, 0.6) is 17.2 Å². The van der Waals surface area contributed by atoms with Gasteiger partial charge in [0.15, 0.2) is 11.5 Å². The van der Waals surface area contributed by atoms with Gasteiger partial charge >= 0.3 is 0 Å². The molecule has 1 heterocycles. The van der Waals surface area contributed by atoms with Gasteiger partial charge in [0.05, 0.1) is 27.9 Å². The lowest BCUT2D eigenvalue weighted by Crippen LogP contribution is -2.23. The molecule has 0 bridgehead atoms. The van der Waals surface area contributed by atoms with Gasteiger partial charge in [-0.2, -0.15) is 4.98 Å². The first-order valence-corrected chi connectivity index (χ1v) is 8.53. The van der Waals surface area contributed by atoms with Gasteiger partial charge in [0.2, 0.25) is 17.5 Å². The predicted molar refractivity (Wildman–Crippen MR) is 102 cm³/mol. The number of amides is 1. The Balaban J connectivity index is 1.71. The highest BCUT2D eigenvalue weighted by Gasteiger charge is 2.17. The largest absolute Gasteiger partial charge is 0.493 e. The third-order valence-corrected chi connectivity index (χ3v) is 4.10. The molecule has 0 saturated carbocycles. The summed E-state index contributed by atoms with van der Waals surface area (Å²) in [5.41, 5.74) is 2.34. The number of carbonyl (C=O) groups is 1. The molecular formula is C20H21N3O5. The first-order valence-electron chi connectivity index (χ1n) is 8.53. The highest BCUT2D eigenvalue weighted by Crippen LogP contribution is 2.38. The van der Waals surface area contributed by atoms with Gasteiger partial charge in [-0.3, -0.25) is 4.79 Å². The van der Waals surface area contributed by atoms with Crippen molar-refractivity contribution in [3.05, 3.63) is 53.4 Å². The van der Waals surface area contributed by atoms with Crippen LogP contribution in [-0.4, -0.2) is 37.4 Å². The van der Waals surface area contributed by atoms with Crippen LogP contribution in [0.3, 0.4) is 0 Å². The van der Waals surface area contributed by atoms with Crippen LogP contribution in [-0.2, 0) is 6.54 Å². The molecule has 0 spiro atoms. The molecule has 3 aromatic rings. The van der Waals surface area contributed by atoms with Crippen molar-refractivity contribution in [2.75, 3.05) is 21.3 Å². The summed E-state index contributed by atoms with van der Waals surface area (Å²) in [5.74, 6) is 1.64. The minimum atomic E-state index is -0.339. The first kappa shape index (κ1) is 19.2. The third-order valence-electron chi connectivity index (χ3n) is 4.10. The Hall–Kier alpha value is -3.55. The third kappa shape index (κ3) is 4.06. The molecule has 0 fully saturated rings. The van der Waals surface area contributed by atoms with Crippen molar-refractivity contribution in [2.45, 2.75) is 13.5 Å². The van der Waals surface area contributed by atoms with Crippen LogP contribution in [0.2, 0.25) is 0 Å². The van der Waals surface area contributed by atoms with Crippen molar-refractivity contribution in [3.63, 3.8) is 0 Å². The maximum absolute atomic E-state index is 12.5. The topological polar surface area (TPSA) is 95.7 Å². The summed E-state index contributed by atoms with van der Waals surface area (Å²) in [5, 5.41) is 6.69. The molecule has 2 aromatic carbocycles. The quantitative estimate of drug-likeness (QED) is 0.670. The number of methoxy groups -OCH3 is 3. The molecule has 28 heavy (non-hydrogen) atoms. The van der Waals surface area contributed by atoms with E-state index in [1.165, 1.54) is 21.3 Å². The molecule has 0 aliphatic rings. The van der Waals surface area contributed by atoms with Crippen molar-refractivity contribution < 1.29 is 23.5 Å². The molecular weight excluding hydrogens is 362 g/mol. The molecule has 0 aliphatic heterocycles. The number of ether oxygens (including phenoxy) is 3. The van der Waals surface area contributed by atoms with Gasteiger partial charge in [-0.05, 0) is 19.1 Å². The second-order valence-electron chi connectivity index (χ2n) is 5.97. The van der Waals surface area contributed by atoms with Gasteiger partial charge in [-0.15, -0.1) is 0 Å². The van der Waals surface area contributed by atoms with E-state index in [0.717, 1.165) is 11.1 Å². The van der Waals surface area contributed by atoms with E-state index >= 15 is 0 Å². The van der Waals surface area contributed by atoms with E-state index in [2.05, 4.69) is 15.5 Å². The number of nitrogens with zero attached hydrogens (tertiary/aromatic N) is 2. The van der Waals surface area contributed by atoms with Gasteiger partial charge in [0.1, 0.15) is 0 Å². The number of rotatable bonds is 7. The van der Waals surface area contributed by atoms with Crippen LogP contribution in [0.15, 0.2) is 40.9 Å². The fourth-order valence-corrected chi connectivity index (χ4v) is 2.62. The maximum atomic E-state index is 12.5. The average Bonchev–Trinajstić information content (AvgIpc) is 3.20. The summed E-state index contributed by atoms with van der Waals surface area (Å²) in [6.07, 6.45) is 0. The van der Waals surface area contributed by atoms with Crippen LogP contribution in [0.4, 0.5) is 0 Å². The van der Waals surface area contributed by atoms with Gasteiger partial charge in [0.25, 0.3) is 5.91 Å². The molecule has 0 atom stereocenters. The predicted octanol–water partition coefficient (Wildman–Crippen LogP) is 3.00. The van der Waals surface area contributed by atoms with Crippen molar-refractivity contribution in [1.29, 1.82) is 0 Å². The maximum Gasteiger partial charge on any atom is 0.251 e. The van der Waals surface area contributed by atoms with Gasteiger partial charge in [-0.1, -0.05) is 35.0 Å². The molecule has 0 saturated heterocycles. The summed E-state index contributed by atoms with van der Waals surface area (Å²) >= 11 is 0. The summed E-state index contributed by atoms with van der Waals surface area (Å²) in [7, 11) is 4.48. The van der Waals surface area contributed by atoms with Crippen molar-refractivity contribution in [3.8, 4) is 28.6 Å². The molecule has 1 aromatic heterocycles. The Morgan fingerprint density at radius 1 is 1.04 bits per heavy atom. The lowest BCUT2D eigenvalue weighted by molar-refractivity contribution is 0.0945. The monoisotopic (exact) mass is 383 g/mol. The van der Waals surface area contributed by atoms with Crippen LogP contribution >= 0.6 is 0 Å². The smallest absolute Gasteiger partial charge is 0.251 e. The fraction of sp³-hybridized carbons (Fsp3) is 0.250. The minimum Gasteiger partial charge on any atom is -0.493 e. The Kier molecular flexibility index (Phi) is 5.78. The van der Waals surface area contributed by atoms with E-state index in [-0.39, 0.29) is 12.5 Å². The molecule has 1 N–H and O–H groups in total. The molecule has 0 unspecified atom stereocenters. The second kappa shape index (κ2) is 8.43. The zero-order valence-corrected chi connectivity index (χ0v) is 16.1. The van der Waals surface area contributed by atoms with E-state index in [1.54, 1.807) is 12.1 Å². The number of carbonyl (C=O) groups excluding carboxylic acids is 1. The molecule has 8 nitrogen and oxygen atoms in total. The average molecular weight is 383 g/mol. The highest BCUT2D eigenvalue weighted by atomic mass is 16.5. The Labute approximate surface area is 162 Å². The molecule has 1 amide bonds. The Bertz CT molecular complexity index is 941. The zero-order chi connectivity index (χ0) is 20.1. The molecule has 8 heteroatoms. The lowest BCUT2D eigenvalue weighted by Gasteiger charge is -2.13. The number of aromatic nitrogens is 2. The Morgan fingerprint density at radius 2 is 1.68 bits per heavy atom. The van der Waals surface area contributed by atoms with Gasteiger partial charge in [-0.25, -0.2) is 0 Å². The van der Waals surface area contributed by atoms with E-state index in [1.807, 2.05) is 31.2 Å². The van der Waals surface area contributed by atoms with E-state index < -0.39 is 0 Å². The van der Waals surface area contributed by atoms with Crippen LogP contribution in [0.25, 0.3) is 11.4 Å². The molecule has 146 valence electrons. The summed E-state index contributed by atoms with van der Waals surface area (Å²) < 4.78 is 21.0. The number of hydrogen-bond acceptors (Lipinski definition) is 7. The van der Waals surface area contributed by atoms with Crippen molar-refractivity contribution in [1.82, 2.24) is 15.5 Å². The van der Waals surface area contributed by atoms with Crippen LogP contribution in [0.1, 0.15) is 21.8 Å². The van der Waals surface area contributed by atoms with E-state index in [9.17, 15) is 4.79 Å². The van der Waals surface area contributed by atoms with Crippen molar-refractivity contribution in [2.24, 2.45) is 0 Å². The number of hydrogen-bond donors (Lipinski definition) is 1. The normalized spacial score (nSPS) is 10.4. The number of aryl methyl sites for hydroxylation is 1. The fourth-order valence-electron chi connectivity index (χ4n) is 2.62. The summed E-state index contributed by atoms with van der Waals surface area (Å²) in [4.78, 5) is 16.8. The SMILES string of the molecule is COc1cc(C(=O)NCc2nc(-c3ccc(C)cc3)no2)cc(OC)c1OC. The molecule has 3 rings (SSSR count). The van der Waals surface area contributed by atoms with Gasteiger partial charge < -0.3 is 24.1 Å². The van der Waals surface area contributed by atoms with E-state index in [4.69, 9.17) is 18.7 Å². The highest BCUT2D eigenvalue weighted by molar-refractivity contribution is 5.95. The van der Waals surface area contributed by atoms with E-state index in [0.29, 0.717) is 34.5 Å².